The van der Waals surface area contributed by atoms with Crippen LogP contribution in [0, 0.1) is 5.92 Å². The molecule has 5 nitrogen and oxygen atoms in total. The lowest BCUT2D eigenvalue weighted by molar-refractivity contribution is -0.117. The molecule has 0 spiro atoms. The van der Waals surface area contributed by atoms with Crippen LogP contribution in [0.4, 0.5) is 11.4 Å². The highest BCUT2D eigenvalue weighted by Crippen LogP contribution is 2.30. The van der Waals surface area contributed by atoms with Crippen LogP contribution in [0.2, 0.25) is 0 Å². The molecule has 2 amide bonds. The molecular weight excluding hydrogens is 348 g/mol. The summed E-state index contributed by atoms with van der Waals surface area (Å²) in [5.41, 5.74) is 1.54. The van der Waals surface area contributed by atoms with Crippen LogP contribution in [0.3, 0.4) is 0 Å². The van der Waals surface area contributed by atoms with Gasteiger partial charge in [0.25, 0.3) is 0 Å². The van der Waals surface area contributed by atoms with Crippen molar-refractivity contribution in [2.45, 2.75) is 24.7 Å². The monoisotopic (exact) mass is 370 g/mol. The van der Waals surface area contributed by atoms with Gasteiger partial charge in [-0.2, -0.15) is 0 Å². The first-order valence-corrected chi connectivity index (χ1v) is 9.69. The highest BCUT2D eigenvalue weighted by atomic mass is 32.2. The molecule has 1 aliphatic rings. The van der Waals surface area contributed by atoms with Crippen LogP contribution in [0.15, 0.2) is 53.4 Å². The van der Waals surface area contributed by atoms with Gasteiger partial charge in [-0.15, -0.1) is 11.8 Å². The molecule has 1 fully saturated rings. The minimum atomic E-state index is -0.0646. The van der Waals surface area contributed by atoms with E-state index in [-0.39, 0.29) is 17.7 Å². The fraction of sp³-hybridized carbons (Fsp3) is 0.300. The number of carbonyl (C=O) groups is 2. The summed E-state index contributed by atoms with van der Waals surface area (Å²) in [5, 5.41) is 5.77. The molecule has 6 heteroatoms. The lowest BCUT2D eigenvalue weighted by Gasteiger charge is -2.08. The Labute approximate surface area is 157 Å². The third-order valence-corrected chi connectivity index (χ3v) is 4.90. The first kappa shape index (κ1) is 18.3. The molecular formula is C20H22N2O3S. The Balaban J connectivity index is 1.44. The van der Waals surface area contributed by atoms with Crippen LogP contribution >= 0.6 is 11.8 Å². The van der Waals surface area contributed by atoms with Crippen molar-refractivity contribution in [3.05, 3.63) is 48.5 Å². The molecule has 0 aliphatic heterocycles. The zero-order chi connectivity index (χ0) is 18.4. The summed E-state index contributed by atoms with van der Waals surface area (Å²) < 4.78 is 5.38. The maximum absolute atomic E-state index is 12.1. The van der Waals surface area contributed by atoms with E-state index in [0.29, 0.717) is 12.4 Å². The highest BCUT2D eigenvalue weighted by molar-refractivity contribution is 8.00. The summed E-state index contributed by atoms with van der Waals surface area (Å²) in [6.07, 6.45) is 1.98. The molecule has 0 aromatic heterocycles. The van der Waals surface area contributed by atoms with Gasteiger partial charge in [-0.3, -0.25) is 9.59 Å². The number of hydrogen-bond donors (Lipinski definition) is 2. The molecule has 0 saturated heterocycles. The van der Waals surface area contributed by atoms with Crippen LogP contribution in [0.5, 0.6) is 5.75 Å². The zero-order valence-corrected chi connectivity index (χ0v) is 15.5. The fourth-order valence-corrected chi connectivity index (χ4v) is 3.07. The lowest BCUT2D eigenvalue weighted by atomic mass is 10.3. The second-order valence-corrected chi connectivity index (χ2v) is 7.13. The summed E-state index contributed by atoms with van der Waals surface area (Å²) in [6, 6.07) is 14.9. The Morgan fingerprint density at radius 3 is 2.23 bits per heavy atom. The van der Waals surface area contributed by atoms with Gasteiger partial charge in [-0.1, -0.05) is 0 Å². The van der Waals surface area contributed by atoms with Gasteiger partial charge in [-0.05, 0) is 68.3 Å². The average Bonchev–Trinajstić information content (AvgIpc) is 3.48. The molecule has 3 rings (SSSR count). The summed E-state index contributed by atoms with van der Waals surface area (Å²) in [6.45, 7) is 2.55. The average molecular weight is 370 g/mol. The SMILES string of the molecule is CCOc1ccc(NC(=O)CSc2ccc(NC(=O)C3CC3)cc2)cc1. The number of rotatable bonds is 8. The number of thioether (sulfide) groups is 1. The van der Waals surface area contributed by atoms with Crippen molar-refractivity contribution in [1.29, 1.82) is 0 Å². The van der Waals surface area contributed by atoms with Crippen molar-refractivity contribution in [3.63, 3.8) is 0 Å². The molecule has 1 aliphatic carbocycles. The Morgan fingerprint density at radius 1 is 1.00 bits per heavy atom. The van der Waals surface area contributed by atoms with Crippen molar-refractivity contribution in [2.24, 2.45) is 5.92 Å². The van der Waals surface area contributed by atoms with E-state index in [1.165, 1.54) is 11.8 Å². The summed E-state index contributed by atoms with van der Waals surface area (Å²) in [4.78, 5) is 24.8. The van der Waals surface area contributed by atoms with E-state index in [4.69, 9.17) is 4.74 Å². The standard InChI is InChI=1S/C20H22N2O3S/c1-2-25-17-9-5-15(6-10-17)21-19(23)13-26-18-11-7-16(8-12-18)22-20(24)14-3-4-14/h5-12,14H,2-4,13H2,1H3,(H,21,23)(H,22,24). The largest absolute Gasteiger partial charge is 0.494 e. The molecule has 0 heterocycles. The minimum Gasteiger partial charge on any atom is -0.494 e. The topological polar surface area (TPSA) is 67.4 Å². The summed E-state index contributed by atoms with van der Waals surface area (Å²) in [7, 11) is 0. The number of carbonyl (C=O) groups excluding carboxylic acids is 2. The molecule has 0 radical (unpaired) electrons. The fourth-order valence-electron chi connectivity index (χ4n) is 2.37. The van der Waals surface area contributed by atoms with E-state index in [1.807, 2.05) is 55.5 Å². The van der Waals surface area contributed by atoms with E-state index >= 15 is 0 Å². The maximum atomic E-state index is 12.1. The molecule has 2 aromatic rings. The summed E-state index contributed by atoms with van der Waals surface area (Å²) >= 11 is 1.46. The predicted octanol–water partition coefficient (Wildman–Crippen LogP) is 4.16. The smallest absolute Gasteiger partial charge is 0.234 e. The summed E-state index contributed by atoms with van der Waals surface area (Å²) in [5.74, 6) is 1.33. The number of nitrogens with one attached hydrogen (secondary N) is 2. The normalized spacial score (nSPS) is 13.1. The Bertz CT molecular complexity index is 756. The molecule has 0 bridgehead atoms. The van der Waals surface area contributed by atoms with Crippen molar-refractivity contribution in [2.75, 3.05) is 23.0 Å². The number of hydrogen-bond acceptors (Lipinski definition) is 4. The van der Waals surface area contributed by atoms with E-state index < -0.39 is 0 Å². The van der Waals surface area contributed by atoms with Crippen LogP contribution in [0.1, 0.15) is 19.8 Å². The van der Waals surface area contributed by atoms with Gasteiger partial charge >= 0.3 is 0 Å². The van der Waals surface area contributed by atoms with Crippen molar-refractivity contribution in [1.82, 2.24) is 0 Å². The van der Waals surface area contributed by atoms with Crippen molar-refractivity contribution in [3.8, 4) is 5.75 Å². The van der Waals surface area contributed by atoms with Crippen LogP contribution in [-0.4, -0.2) is 24.2 Å². The third-order valence-electron chi connectivity index (χ3n) is 3.89. The number of benzene rings is 2. The van der Waals surface area contributed by atoms with E-state index in [9.17, 15) is 9.59 Å². The maximum Gasteiger partial charge on any atom is 0.234 e. The first-order valence-electron chi connectivity index (χ1n) is 8.70. The van der Waals surface area contributed by atoms with Gasteiger partial charge in [0.2, 0.25) is 11.8 Å². The minimum absolute atomic E-state index is 0.0646. The van der Waals surface area contributed by atoms with E-state index in [1.54, 1.807) is 0 Å². The van der Waals surface area contributed by atoms with Gasteiger partial charge in [0, 0.05) is 22.2 Å². The van der Waals surface area contributed by atoms with Crippen LogP contribution in [0.25, 0.3) is 0 Å². The third kappa shape index (κ3) is 5.52. The van der Waals surface area contributed by atoms with E-state index in [2.05, 4.69) is 10.6 Å². The molecule has 26 heavy (non-hydrogen) atoms. The van der Waals surface area contributed by atoms with Gasteiger partial charge in [0.15, 0.2) is 0 Å². The van der Waals surface area contributed by atoms with Gasteiger partial charge in [0.05, 0.1) is 12.4 Å². The van der Waals surface area contributed by atoms with Crippen molar-refractivity contribution >= 4 is 35.0 Å². The quantitative estimate of drug-likeness (QED) is 0.685. The number of anilines is 2. The van der Waals surface area contributed by atoms with Gasteiger partial charge in [-0.25, -0.2) is 0 Å². The Kier molecular flexibility index (Phi) is 6.17. The number of amides is 2. The molecule has 2 aromatic carbocycles. The predicted molar refractivity (Wildman–Crippen MR) is 105 cm³/mol. The van der Waals surface area contributed by atoms with E-state index in [0.717, 1.165) is 34.9 Å². The molecule has 136 valence electrons. The Morgan fingerprint density at radius 2 is 1.62 bits per heavy atom. The van der Waals surface area contributed by atoms with Gasteiger partial charge < -0.3 is 15.4 Å². The second kappa shape index (κ2) is 8.76. The Hall–Kier alpha value is -2.47. The molecule has 0 unspecified atom stereocenters. The first-order chi connectivity index (χ1) is 12.6. The lowest BCUT2D eigenvalue weighted by Crippen LogP contribution is -2.14. The second-order valence-electron chi connectivity index (χ2n) is 6.08. The van der Waals surface area contributed by atoms with Crippen LogP contribution in [-0.2, 0) is 9.59 Å². The highest BCUT2D eigenvalue weighted by Gasteiger charge is 2.29. The molecule has 2 N–H and O–H groups in total. The molecule has 1 saturated carbocycles. The molecule has 0 atom stereocenters. The zero-order valence-electron chi connectivity index (χ0n) is 14.7. The van der Waals surface area contributed by atoms with Gasteiger partial charge in [0.1, 0.15) is 5.75 Å². The number of ether oxygens (including phenoxy) is 1. The van der Waals surface area contributed by atoms with Crippen molar-refractivity contribution < 1.29 is 14.3 Å². The van der Waals surface area contributed by atoms with Crippen LogP contribution < -0.4 is 15.4 Å².